The smallest absolute Gasteiger partial charge is 0.0672 e. The number of nitrogens with one attached hydrogen (secondary N) is 1. The van der Waals surface area contributed by atoms with E-state index in [0.717, 1.165) is 18.6 Å². The fourth-order valence-corrected chi connectivity index (χ4v) is 3.84. The maximum absolute atomic E-state index is 6.09. The molecule has 2 aliphatic carbocycles. The molecule has 0 spiro atoms. The molecule has 0 aromatic heterocycles. The first-order valence-electron chi connectivity index (χ1n) is 7.18. The lowest BCUT2D eigenvalue weighted by atomic mass is 9.76. The second-order valence-corrected chi connectivity index (χ2v) is 7.12. The molecule has 0 radical (unpaired) electrons. The van der Waals surface area contributed by atoms with Crippen LogP contribution in [0.3, 0.4) is 0 Å². The molecule has 1 N–H and O–H groups in total. The van der Waals surface area contributed by atoms with Gasteiger partial charge in [0.15, 0.2) is 0 Å². The Labute approximate surface area is 109 Å². The largest absolute Gasteiger partial charge is 0.377 e. The number of hydrogen-bond acceptors (Lipinski definition) is 3. The summed E-state index contributed by atoms with van der Waals surface area (Å²) in [6, 6.07) is 0.835. The minimum Gasteiger partial charge on any atom is -0.377 e. The summed E-state index contributed by atoms with van der Waals surface area (Å²) < 4.78 is 6.09. The number of thioether (sulfide) groups is 1. The van der Waals surface area contributed by atoms with Crippen molar-refractivity contribution in [1.82, 2.24) is 5.32 Å². The third-order valence-corrected chi connectivity index (χ3v) is 5.29. The van der Waals surface area contributed by atoms with Crippen LogP contribution in [-0.2, 0) is 4.74 Å². The molecular formula is C14H25NOS. The zero-order valence-electron chi connectivity index (χ0n) is 10.9. The fourth-order valence-electron chi connectivity index (χ4n) is 3.23. The van der Waals surface area contributed by atoms with Crippen LogP contribution in [0, 0.1) is 11.3 Å². The second-order valence-electron chi connectivity index (χ2n) is 6.14. The predicted molar refractivity (Wildman–Crippen MR) is 73.5 cm³/mol. The van der Waals surface area contributed by atoms with E-state index in [0.29, 0.717) is 11.5 Å². The van der Waals surface area contributed by atoms with E-state index in [9.17, 15) is 0 Å². The lowest BCUT2D eigenvalue weighted by Gasteiger charge is -2.34. The zero-order chi connectivity index (χ0) is 11.7. The lowest BCUT2D eigenvalue weighted by molar-refractivity contribution is 0.0292. The van der Waals surface area contributed by atoms with Crippen molar-refractivity contribution in [2.75, 3.05) is 25.2 Å². The maximum atomic E-state index is 6.09. The monoisotopic (exact) mass is 255 g/mol. The lowest BCUT2D eigenvalue weighted by Crippen LogP contribution is -2.43. The van der Waals surface area contributed by atoms with Gasteiger partial charge in [0.25, 0.3) is 0 Å². The van der Waals surface area contributed by atoms with E-state index in [4.69, 9.17) is 4.74 Å². The van der Waals surface area contributed by atoms with Crippen LogP contribution in [0.4, 0.5) is 0 Å². The highest BCUT2D eigenvalue weighted by Gasteiger charge is 2.50. The van der Waals surface area contributed by atoms with Crippen molar-refractivity contribution in [2.45, 2.75) is 50.7 Å². The van der Waals surface area contributed by atoms with Crippen molar-refractivity contribution in [3.05, 3.63) is 0 Å². The molecule has 0 aromatic carbocycles. The molecule has 3 fully saturated rings. The third kappa shape index (κ3) is 2.82. The molecule has 17 heavy (non-hydrogen) atoms. The first-order chi connectivity index (χ1) is 8.34. The van der Waals surface area contributed by atoms with Gasteiger partial charge in [-0.25, -0.2) is 0 Å². The van der Waals surface area contributed by atoms with E-state index in [1.54, 1.807) is 0 Å². The van der Waals surface area contributed by atoms with E-state index in [-0.39, 0.29) is 0 Å². The second kappa shape index (κ2) is 5.10. The molecule has 2 atom stereocenters. The molecule has 98 valence electrons. The molecule has 1 heterocycles. The molecule has 1 aliphatic heterocycles. The SMILES string of the molecule is CSCCC1(CNC2CC2)CCOC1C1CC1. The van der Waals surface area contributed by atoms with Gasteiger partial charge in [0.2, 0.25) is 0 Å². The topological polar surface area (TPSA) is 21.3 Å². The molecular weight excluding hydrogens is 230 g/mol. The highest BCUT2D eigenvalue weighted by atomic mass is 32.2. The minimum atomic E-state index is 0.465. The summed E-state index contributed by atoms with van der Waals surface area (Å²) in [7, 11) is 0. The van der Waals surface area contributed by atoms with E-state index in [1.807, 2.05) is 11.8 Å². The standard InChI is InChI=1S/C14H25NOS/c1-17-9-7-14(10-15-12-4-5-12)6-8-16-13(14)11-2-3-11/h11-13,15H,2-10H2,1H3. The van der Waals surface area contributed by atoms with Crippen LogP contribution in [0.2, 0.25) is 0 Å². The quantitative estimate of drug-likeness (QED) is 0.756. The highest BCUT2D eigenvalue weighted by molar-refractivity contribution is 7.98. The Morgan fingerprint density at radius 3 is 2.76 bits per heavy atom. The van der Waals surface area contributed by atoms with Gasteiger partial charge in [0.05, 0.1) is 6.10 Å². The van der Waals surface area contributed by atoms with Crippen molar-refractivity contribution in [1.29, 1.82) is 0 Å². The Hall–Kier alpha value is 0.270. The Morgan fingerprint density at radius 1 is 1.29 bits per heavy atom. The van der Waals surface area contributed by atoms with Gasteiger partial charge in [-0.1, -0.05) is 0 Å². The third-order valence-electron chi connectivity index (χ3n) is 4.68. The average molecular weight is 255 g/mol. The Kier molecular flexibility index (Phi) is 3.69. The molecule has 3 rings (SSSR count). The zero-order valence-corrected chi connectivity index (χ0v) is 11.7. The first-order valence-corrected chi connectivity index (χ1v) is 8.57. The van der Waals surface area contributed by atoms with Crippen LogP contribution >= 0.6 is 11.8 Å². The van der Waals surface area contributed by atoms with Crippen molar-refractivity contribution < 1.29 is 4.74 Å². The molecule has 3 heteroatoms. The first kappa shape index (κ1) is 12.3. The van der Waals surface area contributed by atoms with Crippen LogP contribution in [-0.4, -0.2) is 37.3 Å². The van der Waals surface area contributed by atoms with Gasteiger partial charge >= 0.3 is 0 Å². The predicted octanol–water partition coefficient (Wildman–Crippen LogP) is 2.68. The number of rotatable bonds is 7. The molecule has 0 bridgehead atoms. The summed E-state index contributed by atoms with van der Waals surface area (Å²) in [4.78, 5) is 0. The Bertz CT molecular complexity index is 265. The van der Waals surface area contributed by atoms with Gasteiger partial charge in [0.1, 0.15) is 0 Å². The Morgan fingerprint density at radius 2 is 2.12 bits per heavy atom. The van der Waals surface area contributed by atoms with Gasteiger partial charge in [-0.3, -0.25) is 0 Å². The number of ether oxygens (including phenoxy) is 1. The number of hydrogen-bond donors (Lipinski definition) is 1. The molecule has 3 aliphatic rings. The molecule has 2 unspecified atom stereocenters. The van der Waals surface area contributed by atoms with Gasteiger partial charge in [-0.15, -0.1) is 0 Å². The van der Waals surface area contributed by atoms with Gasteiger partial charge in [-0.05, 0) is 56.5 Å². The average Bonchev–Trinajstić information content (AvgIpc) is 3.24. The molecule has 0 aromatic rings. The summed E-state index contributed by atoms with van der Waals surface area (Å²) in [5.41, 5.74) is 0.465. The summed E-state index contributed by atoms with van der Waals surface area (Å²) in [5.74, 6) is 2.18. The van der Waals surface area contributed by atoms with Gasteiger partial charge in [-0.2, -0.15) is 11.8 Å². The normalized spacial score (nSPS) is 37.6. The van der Waals surface area contributed by atoms with E-state index in [1.165, 1.54) is 50.8 Å². The van der Waals surface area contributed by atoms with Crippen LogP contribution < -0.4 is 5.32 Å². The van der Waals surface area contributed by atoms with Crippen molar-refractivity contribution in [2.24, 2.45) is 11.3 Å². The van der Waals surface area contributed by atoms with E-state index >= 15 is 0 Å². The Balaban J connectivity index is 1.63. The highest BCUT2D eigenvalue weighted by Crippen LogP contribution is 2.49. The molecule has 1 saturated heterocycles. The van der Waals surface area contributed by atoms with Crippen molar-refractivity contribution in [3.63, 3.8) is 0 Å². The van der Waals surface area contributed by atoms with Crippen molar-refractivity contribution in [3.8, 4) is 0 Å². The van der Waals surface area contributed by atoms with Crippen LogP contribution in [0.5, 0.6) is 0 Å². The summed E-state index contributed by atoms with van der Waals surface area (Å²) in [6.07, 6.45) is 11.0. The van der Waals surface area contributed by atoms with Crippen molar-refractivity contribution >= 4 is 11.8 Å². The molecule has 2 saturated carbocycles. The molecule has 2 nitrogen and oxygen atoms in total. The van der Waals surface area contributed by atoms with Crippen LogP contribution in [0.15, 0.2) is 0 Å². The van der Waals surface area contributed by atoms with E-state index in [2.05, 4.69) is 11.6 Å². The maximum Gasteiger partial charge on any atom is 0.0672 e. The summed E-state index contributed by atoms with van der Waals surface area (Å²) in [6.45, 7) is 2.21. The van der Waals surface area contributed by atoms with Crippen LogP contribution in [0.25, 0.3) is 0 Å². The minimum absolute atomic E-state index is 0.465. The molecule has 0 amide bonds. The summed E-state index contributed by atoms with van der Waals surface area (Å²) >= 11 is 1.99. The van der Waals surface area contributed by atoms with E-state index < -0.39 is 0 Å². The van der Waals surface area contributed by atoms with Gasteiger partial charge < -0.3 is 10.1 Å². The summed E-state index contributed by atoms with van der Waals surface area (Å²) in [5, 5.41) is 3.77. The van der Waals surface area contributed by atoms with Crippen LogP contribution in [0.1, 0.15) is 38.5 Å². The fraction of sp³-hybridized carbons (Fsp3) is 1.00. The van der Waals surface area contributed by atoms with Gasteiger partial charge in [0, 0.05) is 24.6 Å².